The average Bonchev–Trinajstić information content (AvgIpc) is 3.53. The van der Waals surface area contributed by atoms with Crippen LogP contribution in [0.25, 0.3) is 0 Å². The maximum absolute atomic E-state index is 11.8. The van der Waals surface area contributed by atoms with Crippen LogP contribution < -0.4 is 29.6 Å². The third-order valence-electron chi connectivity index (χ3n) is 12.0. The topological polar surface area (TPSA) is 125 Å². The summed E-state index contributed by atoms with van der Waals surface area (Å²) in [6, 6.07) is 0. The molecule has 10 heteroatoms. The molecular weight excluding hydrogens is 543 g/mol. The zero-order valence-electron chi connectivity index (χ0n) is 25.5. The molecule has 3 unspecified atom stereocenters. The van der Waals surface area contributed by atoms with Crippen molar-refractivity contribution in [3.05, 3.63) is 11.6 Å². The van der Waals surface area contributed by atoms with Crippen LogP contribution in [-0.2, 0) is 28.9 Å². The molecule has 1 heterocycles. The summed E-state index contributed by atoms with van der Waals surface area (Å²) >= 11 is 0. The molecule has 0 amide bonds. The summed E-state index contributed by atoms with van der Waals surface area (Å²) < 4.78 is 51.8. The molecule has 0 bridgehead atoms. The molecule has 0 aromatic heterocycles. The van der Waals surface area contributed by atoms with Gasteiger partial charge in [-0.15, -0.1) is 0 Å². The van der Waals surface area contributed by atoms with Gasteiger partial charge < -0.3 is 19.1 Å². The molecule has 1 saturated heterocycles. The van der Waals surface area contributed by atoms with E-state index in [0.717, 1.165) is 19.3 Å². The molecule has 1 N–H and O–H groups in total. The molecule has 0 aromatic carbocycles. The second-order valence-electron chi connectivity index (χ2n) is 14.2. The van der Waals surface area contributed by atoms with Crippen molar-refractivity contribution in [1.29, 1.82) is 0 Å². The van der Waals surface area contributed by atoms with E-state index in [1.165, 1.54) is 18.9 Å². The van der Waals surface area contributed by atoms with Crippen LogP contribution in [0.15, 0.2) is 11.6 Å². The van der Waals surface area contributed by atoms with E-state index < -0.39 is 40.1 Å². The number of hydrogen-bond donors (Lipinski definition) is 1. The Kier molecular flexibility index (Phi) is 9.45. The maximum Gasteiger partial charge on any atom is 1.00 e. The van der Waals surface area contributed by atoms with Gasteiger partial charge in [0.15, 0.2) is 6.10 Å². The Morgan fingerprint density at radius 1 is 1.07 bits per heavy atom. The van der Waals surface area contributed by atoms with Gasteiger partial charge in [0.05, 0.1) is 18.3 Å². The predicted octanol–water partition coefficient (Wildman–Crippen LogP) is 1.62. The maximum atomic E-state index is 11.8. The van der Waals surface area contributed by atoms with Gasteiger partial charge >= 0.3 is 35.5 Å². The van der Waals surface area contributed by atoms with Crippen LogP contribution in [-0.4, -0.2) is 54.6 Å². The Balaban J connectivity index is 0.00000370. The predicted molar refractivity (Wildman–Crippen MR) is 144 cm³/mol. The Labute approximate surface area is 262 Å². The summed E-state index contributed by atoms with van der Waals surface area (Å²) in [6.45, 7) is 15.0. The minimum absolute atomic E-state index is 0. The Bertz CT molecular complexity index is 1110. The first-order valence-electron chi connectivity index (χ1n) is 14.9. The zero-order chi connectivity index (χ0) is 28.7. The van der Waals surface area contributed by atoms with Gasteiger partial charge in [0.25, 0.3) is 0 Å². The van der Waals surface area contributed by atoms with Crippen molar-refractivity contribution in [3.63, 3.8) is 0 Å². The van der Waals surface area contributed by atoms with Gasteiger partial charge in [0.2, 0.25) is 10.4 Å². The number of epoxide rings is 1. The number of ether oxygens (including phenoxy) is 2. The van der Waals surface area contributed by atoms with Crippen LogP contribution >= 0.6 is 0 Å². The molecule has 5 aliphatic rings. The van der Waals surface area contributed by atoms with Gasteiger partial charge in [-0.1, -0.05) is 53.2 Å². The molecule has 222 valence electrons. The molecule has 4 fully saturated rings. The SMILES string of the molecule is CC(=O)O[C@H]1[C@H](O)C[C@]2(C)C3CC[C@@]4(C)C(CC[C@@H]4[C@H](C)[C@@H]4O[C@H]4[C@@H](C)C(C)C)C3=CCC2[C@@H]1OS(=O)(=O)[O-].[Na+]. The molecule has 13 atom stereocenters. The quantitative estimate of drug-likeness (QED) is 0.118. The van der Waals surface area contributed by atoms with E-state index in [-0.39, 0.29) is 46.8 Å². The molecule has 0 radical (unpaired) electrons. The Morgan fingerprint density at radius 2 is 1.73 bits per heavy atom. The van der Waals surface area contributed by atoms with Crippen LogP contribution in [0.3, 0.4) is 0 Å². The van der Waals surface area contributed by atoms with E-state index in [0.29, 0.717) is 54.6 Å². The van der Waals surface area contributed by atoms with Gasteiger partial charge in [0, 0.05) is 6.92 Å². The third kappa shape index (κ3) is 5.64. The molecule has 0 aromatic rings. The van der Waals surface area contributed by atoms with E-state index in [1.807, 2.05) is 0 Å². The number of hydrogen-bond acceptors (Lipinski definition) is 8. The van der Waals surface area contributed by atoms with Crippen molar-refractivity contribution in [2.24, 2.45) is 52.3 Å². The van der Waals surface area contributed by atoms with E-state index in [1.54, 1.807) is 0 Å². The van der Waals surface area contributed by atoms with Crippen molar-refractivity contribution in [1.82, 2.24) is 0 Å². The van der Waals surface area contributed by atoms with Crippen LogP contribution in [0.1, 0.15) is 87.0 Å². The summed E-state index contributed by atoms with van der Waals surface area (Å²) in [5, 5.41) is 11.1. The fraction of sp³-hybridized carbons (Fsp3) is 0.900. The van der Waals surface area contributed by atoms with Crippen LogP contribution in [0, 0.1) is 52.3 Å². The fourth-order valence-electron chi connectivity index (χ4n) is 9.69. The number of carbonyl (C=O) groups excluding carboxylic acids is 1. The van der Waals surface area contributed by atoms with Crippen LogP contribution in [0.5, 0.6) is 0 Å². The molecular formula is C30H47NaO8S. The van der Waals surface area contributed by atoms with E-state index in [9.17, 15) is 22.9 Å². The van der Waals surface area contributed by atoms with Crippen molar-refractivity contribution in [2.45, 2.75) is 118 Å². The van der Waals surface area contributed by atoms with Crippen molar-refractivity contribution in [2.75, 3.05) is 0 Å². The summed E-state index contributed by atoms with van der Waals surface area (Å²) in [5.74, 6) is 1.82. The van der Waals surface area contributed by atoms with Gasteiger partial charge in [0.1, 0.15) is 6.10 Å². The minimum Gasteiger partial charge on any atom is -0.726 e. The number of carbonyl (C=O) groups is 1. The van der Waals surface area contributed by atoms with Crippen LogP contribution in [0.4, 0.5) is 0 Å². The zero-order valence-corrected chi connectivity index (χ0v) is 28.3. The van der Waals surface area contributed by atoms with Crippen molar-refractivity contribution >= 4 is 16.4 Å². The second kappa shape index (κ2) is 11.5. The number of rotatable bonds is 7. The molecule has 5 rings (SSSR count). The summed E-state index contributed by atoms with van der Waals surface area (Å²) in [7, 11) is -5.07. The monoisotopic (exact) mass is 590 g/mol. The van der Waals surface area contributed by atoms with E-state index >= 15 is 0 Å². The molecule has 40 heavy (non-hydrogen) atoms. The summed E-state index contributed by atoms with van der Waals surface area (Å²) in [5.41, 5.74) is 1.13. The van der Waals surface area contributed by atoms with Crippen LogP contribution in [0.2, 0.25) is 0 Å². The first-order chi connectivity index (χ1) is 18.1. The number of aliphatic hydroxyl groups is 1. The number of esters is 1. The molecule has 3 saturated carbocycles. The van der Waals surface area contributed by atoms with Gasteiger partial charge in [-0.3, -0.25) is 8.98 Å². The smallest absolute Gasteiger partial charge is 0.726 e. The fourth-order valence-corrected chi connectivity index (χ4v) is 10.2. The largest absolute Gasteiger partial charge is 1.00 e. The first-order valence-corrected chi connectivity index (χ1v) is 16.3. The van der Waals surface area contributed by atoms with Gasteiger partial charge in [-0.05, 0) is 90.8 Å². The second-order valence-corrected chi connectivity index (χ2v) is 15.2. The number of fused-ring (bicyclic) bond motifs is 5. The van der Waals surface area contributed by atoms with Crippen molar-refractivity contribution in [3.8, 4) is 0 Å². The number of allylic oxidation sites excluding steroid dienone is 2. The molecule has 1 aliphatic heterocycles. The minimum atomic E-state index is -5.07. The standard InChI is InChI=1S/C30H48O8S.Na/c1-15(2)16(3)25-26(37-25)17(4)20-10-11-21-19-8-9-23-27(38-39(33,34)35)28(36-18(5)31)24(32)14-30(23,7)22(19)12-13-29(20,21)6;/h8,15-17,20-28,32H,9-14H2,1-7H3,(H,33,34,35);/q;+1/p-1/t16-,17-,20+,21?,22?,23?,24+,25-,26-,27-,28-,29+,30+;/m0./s1. The molecule has 8 nitrogen and oxygen atoms in total. The van der Waals surface area contributed by atoms with E-state index in [2.05, 4.69) is 47.6 Å². The normalized spacial score (nSPS) is 45.8. The summed E-state index contributed by atoms with van der Waals surface area (Å²) in [4.78, 5) is 11.8. The van der Waals surface area contributed by atoms with Gasteiger partial charge in [-0.2, -0.15) is 0 Å². The average molecular weight is 591 g/mol. The number of aliphatic hydroxyl groups excluding tert-OH is 1. The Morgan fingerprint density at radius 3 is 2.33 bits per heavy atom. The van der Waals surface area contributed by atoms with E-state index in [4.69, 9.17) is 13.7 Å². The van der Waals surface area contributed by atoms with Gasteiger partial charge in [-0.25, -0.2) is 8.42 Å². The first kappa shape index (κ1) is 32.9. The Hall–Kier alpha value is -0.000000000000000222. The van der Waals surface area contributed by atoms with Crippen molar-refractivity contribution < 1.29 is 66.1 Å². The molecule has 0 spiro atoms. The third-order valence-corrected chi connectivity index (χ3v) is 12.5. The summed E-state index contributed by atoms with van der Waals surface area (Å²) in [6.07, 6.45) is 4.63. The molecule has 4 aliphatic carbocycles.